The molecule has 0 saturated heterocycles. The number of hydrogen-bond donors (Lipinski definition) is 2. The van der Waals surface area contributed by atoms with Crippen LogP contribution in [0.25, 0.3) is 11.4 Å². The van der Waals surface area contributed by atoms with E-state index in [1.807, 2.05) is 0 Å². The summed E-state index contributed by atoms with van der Waals surface area (Å²) < 4.78 is 17.8. The van der Waals surface area contributed by atoms with E-state index < -0.39 is 17.6 Å². The molecule has 3 aromatic rings. The number of halogens is 1. The van der Waals surface area contributed by atoms with Crippen molar-refractivity contribution in [1.82, 2.24) is 30.7 Å². The van der Waals surface area contributed by atoms with E-state index in [2.05, 4.69) is 30.7 Å². The first-order valence-electron chi connectivity index (χ1n) is 7.55. The molecule has 0 aliphatic heterocycles. The van der Waals surface area contributed by atoms with Crippen molar-refractivity contribution in [3.05, 3.63) is 60.3 Å². The monoisotopic (exact) mass is 356 g/mol. The molecule has 2 amide bonds. The Morgan fingerprint density at radius 2 is 1.77 bits per heavy atom. The molecule has 0 spiro atoms. The fourth-order valence-corrected chi connectivity index (χ4v) is 1.97. The van der Waals surface area contributed by atoms with Crippen molar-refractivity contribution in [2.24, 2.45) is 0 Å². The second-order valence-corrected chi connectivity index (χ2v) is 5.03. The summed E-state index contributed by atoms with van der Waals surface area (Å²) in [4.78, 5) is 35.3. The molecule has 1 aromatic carbocycles. The van der Waals surface area contributed by atoms with Gasteiger partial charge >= 0.3 is 11.8 Å². The Morgan fingerprint density at radius 3 is 2.46 bits per heavy atom. The number of carbonyl (C=O) groups excluding carboxylic acids is 2. The fraction of sp³-hybridized carbons (Fsp3) is 0.125. The van der Waals surface area contributed by atoms with E-state index in [9.17, 15) is 14.0 Å². The minimum atomic E-state index is -0.584. The van der Waals surface area contributed by atoms with Crippen LogP contribution < -0.4 is 10.6 Å². The van der Waals surface area contributed by atoms with Crippen LogP contribution in [0.1, 0.15) is 21.2 Å². The average molecular weight is 356 g/mol. The van der Waals surface area contributed by atoms with Crippen LogP contribution in [0.4, 0.5) is 4.39 Å². The Kier molecular flexibility index (Phi) is 5.22. The van der Waals surface area contributed by atoms with Crippen LogP contribution in [0.3, 0.4) is 0 Å². The molecule has 26 heavy (non-hydrogen) atoms. The number of benzene rings is 1. The molecular formula is C16H13FN6O3. The lowest BCUT2D eigenvalue weighted by Gasteiger charge is -2.04. The van der Waals surface area contributed by atoms with Crippen molar-refractivity contribution >= 4 is 11.8 Å². The normalized spacial score (nSPS) is 10.3. The summed E-state index contributed by atoms with van der Waals surface area (Å²) in [6, 6.07) is 5.46. The molecule has 0 fully saturated rings. The quantitative estimate of drug-likeness (QED) is 0.627. The fourth-order valence-electron chi connectivity index (χ4n) is 1.97. The molecule has 0 bridgehead atoms. The summed E-state index contributed by atoms with van der Waals surface area (Å²) in [5, 5.41) is 8.80. The van der Waals surface area contributed by atoms with Gasteiger partial charge < -0.3 is 15.2 Å². The van der Waals surface area contributed by atoms with E-state index in [-0.39, 0.29) is 30.5 Å². The number of nitrogens with zero attached hydrogens (tertiary/aromatic N) is 4. The number of hydrogen-bond acceptors (Lipinski definition) is 7. The number of carbonyl (C=O) groups is 2. The smallest absolute Gasteiger partial charge is 0.316 e. The van der Waals surface area contributed by atoms with Crippen molar-refractivity contribution < 1.29 is 18.5 Å². The Balaban J connectivity index is 1.48. The SMILES string of the molecule is O=C(NCCNC(=O)c1nc(-c2ccc(F)cc2)no1)c1cnccn1. The second kappa shape index (κ2) is 7.92. The second-order valence-electron chi connectivity index (χ2n) is 5.03. The van der Waals surface area contributed by atoms with Crippen molar-refractivity contribution in [1.29, 1.82) is 0 Å². The van der Waals surface area contributed by atoms with Gasteiger partial charge in [0.2, 0.25) is 5.82 Å². The molecule has 0 saturated carbocycles. The number of aromatic nitrogens is 4. The van der Waals surface area contributed by atoms with Crippen molar-refractivity contribution in [3.63, 3.8) is 0 Å². The molecule has 9 nitrogen and oxygen atoms in total. The summed E-state index contributed by atoms with van der Waals surface area (Å²) in [5.41, 5.74) is 0.699. The van der Waals surface area contributed by atoms with E-state index >= 15 is 0 Å². The van der Waals surface area contributed by atoms with Crippen LogP contribution in [0, 0.1) is 5.82 Å². The zero-order valence-electron chi connectivity index (χ0n) is 13.3. The molecule has 2 N–H and O–H groups in total. The predicted molar refractivity (Wildman–Crippen MR) is 86.4 cm³/mol. The van der Waals surface area contributed by atoms with E-state index in [1.54, 1.807) is 0 Å². The third-order valence-electron chi connectivity index (χ3n) is 3.21. The van der Waals surface area contributed by atoms with Crippen LogP contribution in [-0.4, -0.2) is 45.0 Å². The minimum Gasteiger partial charge on any atom is -0.349 e. The summed E-state index contributed by atoms with van der Waals surface area (Å²) >= 11 is 0. The Hall–Kier alpha value is -3.69. The van der Waals surface area contributed by atoms with Crippen LogP contribution in [-0.2, 0) is 0 Å². The number of nitrogens with one attached hydrogen (secondary N) is 2. The van der Waals surface area contributed by atoms with Crippen LogP contribution in [0.15, 0.2) is 47.4 Å². The summed E-state index contributed by atoms with van der Waals surface area (Å²) in [7, 11) is 0. The average Bonchev–Trinajstić information content (AvgIpc) is 3.16. The van der Waals surface area contributed by atoms with Gasteiger partial charge in [-0.05, 0) is 24.3 Å². The highest BCUT2D eigenvalue weighted by molar-refractivity contribution is 5.92. The predicted octanol–water partition coefficient (Wildman–Crippen LogP) is 0.825. The molecule has 2 heterocycles. The Labute approximate surface area is 146 Å². The summed E-state index contributed by atoms with van der Waals surface area (Å²) in [6.07, 6.45) is 4.20. The Bertz CT molecular complexity index is 898. The van der Waals surface area contributed by atoms with Gasteiger partial charge in [-0.15, -0.1) is 0 Å². The van der Waals surface area contributed by atoms with Gasteiger partial charge in [-0.3, -0.25) is 14.6 Å². The van der Waals surface area contributed by atoms with E-state index in [0.29, 0.717) is 5.56 Å². The maximum atomic E-state index is 12.9. The largest absolute Gasteiger partial charge is 0.349 e. The third kappa shape index (κ3) is 4.23. The lowest BCUT2D eigenvalue weighted by atomic mass is 10.2. The molecule has 2 aromatic heterocycles. The highest BCUT2D eigenvalue weighted by Gasteiger charge is 2.16. The van der Waals surface area contributed by atoms with Crippen LogP contribution in [0.2, 0.25) is 0 Å². The molecule has 10 heteroatoms. The van der Waals surface area contributed by atoms with Gasteiger partial charge in [0.15, 0.2) is 0 Å². The minimum absolute atomic E-state index is 0.152. The molecular weight excluding hydrogens is 343 g/mol. The van der Waals surface area contributed by atoms with Gasteiger partial charge in [0, 0.05) is 31.0 Å². The third-order valence-corrected chi connectivity index (χ3v) is 3.21. The molecule has 0 aliphatic rings. The molecule has 3 rings (SSSR count). The van der Waals surface area contributed by atoms with Gasteiger partial charge in [-0.1, -0.05) is 5.16 Å². The summed E-state index contributed by atoms with van der Waals surface area (Å²) in [5.74, 6) is -1.43. The Morgan fingerprint density at radius 1 is 1.04 bits per heavy atom. The lowest BCUT2D eigenvalue weighted by Crippen LogP contribution is -2.35. The molecule has 0 aliphatic carbocycles. The topological polar surface area (TPSA) is 123 Å². The molecule has 0 radical (unpaired) electrons. The van der Waals surface area contributed by atoms with Crippen molar-refractivity contribution in [3.8, 4) is 11.4 Å². The maximum Gasteiger partial charge on any atom is 0.316 e. The first kappa shape index (κ1) is 17.1. The van der Waals surface area contributed by atoms with E-state index in [0.717, 1.165) is 0 Å². The highest BCUT2D eigenvalue weighted by atomic mass is 19.1. The molecule has 0 atom stereocenters. The molecule has 0 unspecified atom stereocenters. The van der Waals surface area contributed by atoms with Gasteiger partial charge in [-0.25, -0.2) is 9.37 Å². The van der Waals surface area contributed by atoms with E-state index in [4.69, 9.17) is 4.52 Å². The highest BCUT2D eigenvalue weighted by Crippen LogP contribution is 2.15. The van der Waals surface area contributed by atoms with Gasteiger partial charge in [-0.2, -0.15) is 4.98 Å². The zero-order valence-corrected chi connectivity index (χ0v) is 13.3. The van der Waals surface area contributed by atoms with Gasteiger partial charge in [0.25, 0.3) is 5.91 Å². The van der Waals surface area contributed by atoms with Crippen molar-refractivity contribution in [2.75, 3.05) is 13.1 Å². The number of rotatable bonds is 6. The first-order chi connectivity index (χ1) is 12.6. The van der Waals surface area contributed by atoms with Crippen LogP contribution in [0.5, 0.6) is 0 Å². The maximum absolute atomic E-state index is 12.9. The van der Waals surface area contributed by atoms with Gasteiger partial charge in [0.1, 0.15) is 11.5 Å². The standard InChI is InChI=1S/C16H13FN6O3/c17-11-3-1-10(2-4-11)13-22-16(26-23-13)15(25)21-8-7-20-14(24)12-9-18-5-6-19-12/h1-6,9H,7-8H2,(H,20,24)(H,21,25). The van der Waals surface area contributed by atoms with Crippen molar-refractivity contribution in [2.45, 2.75) is 0 Å². The first-order valence-corrected chi connectivity index (χ1v) is 7.55. The van der Waals surface area contributed by atoms with Gasteiger partial charge in [0.05, 0.1) is 6.20 Å². The summed E-state index contributed by atoms with van der Waals surface area (Å²) in [6.45, 7) is 0.333. The van der Waals surface area contributed by atoms with Crippen LogP contribution >= 0.6 is 0 Å². The molecule has 132 valence electrons. The zero-order chi connectivity index (χ0) is 18.4. The lowest BCUT2D eigenvalue weighted by molar-refractivity contribution is 0.0897. The number of amides is 2. The van der Waals surface area contributed by atoms with E-state index in [1.165, 1.54) is 42.9 Å².